The van der Waals surface area contributed by atoms with Crippen molar-refractivity contribution in [2.45, 2.75) is 13.8 Å². The number of nitrogens with zero attached hydrogens (tertiary/aromatic N) is 9. The van der Waals surface area contributed by atoms with E-state index in [-0.39, 0.29) is 29.6 Å². The molecule has 8 aromatic rings. The topological polar surface area (TPSA) is 192 Å². The first-order valence-corrected chi connectivity index (χ1v) is 20.6. The minimum absolute atomic E-state index is 0.170. The van der Waals surface area contributed by atoms with Crippen molar-refractivity contribution in [1.82, 2.24) is 50.1 Å². The zero-order valence-electron chi connectivity index (χ0n) is 35.1. The Kier molecular flexibility index (Phi) is 13.6. The number of amides is 2. The number of halogens is 2. The molecule has 10 rings (SSSR count). The Bertz CT molecular complexity index is 2880. The van der Waals surface area contributed by atoms with Crippen molar-refractivity contribution in [1.29, 1.82) is 0 Å². The molecule has 4 N–H and O–H groups in total. The second-order valence-corrected chi connectivity index (χ2v) is 14.7. The van der Waals surface area contributed by atoms with Crippen molar-refractivity contribution < 1.29 is 23.0 Å². The largest absolute Gasteiger partial charge is 0.379 e. The number of benzene rings is 4. The van der Waals surface area contributed by atoms with Crippen LogP contribution in [0.1, 0.15) is 11.4 Å². The highest BCUT2D eigenvalue weighted by Crippen LogP contribution is 2.34. The van der Waals surface area contributed by atoms with Gasteiger partial charge in [-0.1, -0.05) is 12.1 Å². The third-order valence-electron chi connectivity index (χ3n) is 10.5. The Morgan fingerprint density at radius 1 is 0.625 bits per heavy atom. The molecule has 2 aliphatic rings. The van der Waals surface area contributed by atoms with Crippen LogP contribution in [-0.2, 0) is 9.47 Å². The summed E-state index contributed by atoms with van der Waals surface area (Å²) in [5, 5.41) is 7.81. The maximum Gasteiger partial charge on any atom is 0.324 e. The summed E-state index contributed by atoms with van der Waals surface area (Å²) in [6.07, 6.45) is 6.44. The maximum atomic E-state index is 13.6. The van der Waals surface area contributed by atoms with E-state index in [0.717, 1.165) is 87.3 Å². The van der Waals surface area contributed by atoms with Gasteiger partial charge in [0.15, 0.2) is 0 Å². The molecule has 0 atom stereocenters. The molecule has 6 heterocycles. The van der Waals surface area contributed by atoms with Crippen LogP contribution in [0, 0.1) is 25.5 Å². The number of nitrogens with two attached hydrogens (primary N) is 1. The van der Waals surface area contributed by atoms with Crippen molar-refractivity contribution in [3.05, 3.63) is 133 Å². The molecule has 0 unspecified atom stereocenters. The van der Waals surface area contributed by atoms with E-state index < -0.39 is 0 Å². The van der Waals surface area contributed by atoms with Crippen LogP contribution in [-0.4, -0.2) is 103 Å². The summed E-state index contributed by atoms with van der Waals surface area (Å²) in [7, 11) is 0. The zero-order valence-corrected chi connectivity index (χ0v) is 35.1. The first kappa shape index (κ1) is 43.2. The van der Waals surface area contributed by atoms with Gasteiger partial charge in [0.1, 0.15) is 24.3 Å². The lowest BCUT2D eigenvalue weighted by molar-refractivity contribution is 0.0564. The Morgan fingerprint density at radius 2 is 1.11 bits per heavy atom. The lowest BCUT2D eigenvalue weighted by Gasteiger charge is -2.26. The summed E-state index contributed by atoms with van der Waals surface area (Å²) in [5.74, 6) is -0.294. The molecule has 2 saturated heterocycles. The molecule has 4 aromatic heterocycles. The normalized spacial score (nSPS) is 13.7. The van der Waals surface area contributed by atoms with Gasteiger partial charge in [0.25, 0.3) is 0 Å². The van der Waals surface area contributed by atoms with E-state index in [4.69, 9.17) is 15.2 Å². The molecular weight excluding hydrogens is 819 g/mol. The number of urea groups is 1. The van der Waals surface area contributed by atoms with E-state index in [2.05, 4.69) is 50.5 Å². The average Bonchev–Trinajstić information content (AvgIpc) is 3.33. The Morgan fingerprint density at radius 3 is 1.61 bits per heavy atom. The number of aryl methyl sites for hydroxylation is 2. The van der Waals surface area contributed by atoms with Gasteiger partial charge < -0.3 is 25.4 Å². The lowest BCUT2D eigenvalue weighted by atomic mass is 9.99. The van der Waals surface area contributed by atoms with E-state index in [9.17, 15) is 13.6 Å². The van der Waals surface area contributed by atoms with Gasteiger partial charge >= 0.3 is 6.03 Å². The fourth-order valence-corrected chi connectivity index (χ4v) is 7.08. The molecule has 0 aliphatic carbocycles. The smallest absolute Gasteiger partial charge is 0.324 e. The van der Waals surface area contributed by atoms with Crippen molar-refractivity contribution in [3.63, 3.8) is 0 Å². The first-order valence-electron chi connectivity index (χ1n) is 20.6. The Hall–Kier alpha value is -7.47. The van der Waals surface area contributed by atoms with E-state index in [1.165, 1.54) is 30.6 Å². The fourth-order valence-electron chi connectivity index (χ4n) is 7.08. The second kappa shape index (κ2) is 20.1. The minimum atomic E-state index is -0.339. The highest BCUT2D eigenvalue weighted by Gasteiger charge is 2.20. The summed E-state index contributed by atoms with van der Waals surface area (Å²) < 4.78 is 37.1. The number of nitrogen functional groups attached to an aromatic ring is 1. The number of rotatable bonds is 5. The lowest BCUT2D eigenvalue weighted by Crippen LogP contribution is -2.43. The highest BCUT2D eigenvalue weighted by molar-refractivity contribution is 5.92. The summed E-state index contributed by atoms with van der Waals surface area (Å²) in [6, 6.07) is 23.7. The number of nitrogens with one attached hydrogen (secondary N) is 2. The number of hydrogen-bond donors (Lipinski definition) is 3. The number of carbonyl (C=O) groups is 1. The third kappa shape index (κ3) is 10.4. The molecule has 324 valence electrons. The molecular formula is C47H44F2N12O3. The van der Waals surface area contributed by atoms with E-state index in [1.54, 1.807) is 47.9 Å². The number of carbonyl (C=O) groups excluding carboxylic acids is 1. The molecule has 2 fully saturated rings. The van der Waals surface area contributed by atoms with Crippen LogP contribution in [0.25, 0.3) is 66.6 Å². The number of hydrogen-bond acceptors (Lipinski definition) is 13. The number of fused-ring (bicyclic) bond motifs is 2. The van der Waals surface area contributed by atoms with Gasteiger partial charge in [0, 0.05) is 83.0 Å². The zero-order chi connectivity index (χ0) is 44.4. The van der Waals surface area contributed by atoms with Crippen LogP contribution < -0.4 is 16.4 Å². The molecule has 0 spiro atoms. The third-order valence-corrected chi connectivity index (χ3v) is 10.5. The van der Waals surface area contributed by atoms with E-state index >= 15 is 0 Å². The van der Waals surface area contributed by atoms with Gasteiger partial charge in [-0.25, -0.2) is 53.4 Å². The van der Waals surface area contributed by atoms with Gasteiger partial charge in [-0.15, -0.1) is 0 Å². The van der Waals surface area contributed by atoms with Crippen molar-refractivity contribution in [2.75, 3.05) is 63.7 Å². The van der Waals surface area contributed by atoms with Gasteiger partial charge in [-0.2, -0.15) is 0 Å². The quantitative estimate of drug-likeness (QED) is 0.155. The maximum absolute atomic E-state index is 13.6. The van der Waals surface area contributed by atoms with E-state index in [1.807, 2.05) is 50.2 Å². The molecule has 2 amide bonds. The monoisotopic (exact) mass is 862 g/mol. The fraction of sp³-hybridized carbons (Fsp3) is 0.213. The van der Waals surface area contributed by atoms with Gasteiger partial charge in [0.2, 0.25) is 11.9 Å². The minimum Gasteiger partial charge on any atom is -0.379 e. The number of ether oxygens (including phenoxy) is 2. The second-order valence-electron chi connectivity index (χ2n) is 14.7. The molecule has 4 aromatic carbocycles. The van der Waals surface area contributed by atoms with Crippen LogP contribution >= 0.6 is 0 Å². The van der Waals surface area contributed by atoms with Crippen LogP contribution in [0.2, 0.25) is 0 Å². The molecule has 2 aliphatic heterocycles. The first-order chi connectivity index (χ1) is 31.2. The number of aromatic nitrogens is 8. The molecule has 17 heteroatoms. The standard InChI is InChI=1S/C24H21FN6O2.C19H14FN5.C4H9NO/c1-15-19-12-17(4-7-21(19)28-14-27-15)20-13-26-23(30-24(32)31-8-10-33-11-9-31)29-22(20)16-2-5-18(25)6-3-16;1-11-15-8-13(4-7-17(15)24-10-23-11)16-9-22-19(21)25-18(16)12-2-5-14(20)6-3-12;1-3-6-4-2-5-1/h2-7,12-14H,8-11H2,1H3,(H,26,29,30,32);2-10H,1H3,(H2,21,22,25);5H,1-4H2. The van der Waals surface area contributed by atoms with Crippen molar-refractivity contribution in [3.8, 4) is 44.8 Å². The van der Waals surface area contributed by atoms with Crippen LogP contribution in [0.4, 0.5) is 25.5 Å². The SMILES string of the molecule is C1COCCN1.Cc1ncnc2ccc(-c3cnc(N)nc3-c3ccc(F)cc3)cc12.Cc1ncnc2ccc(-c3cnc(NC(=O)N4CCOCC4)nc3-c3ccc(F)cc3)cc12. The van der Waals surface area contributed by atoms with Gasteiger partial charge in [-0.3, -0.25) is 5.32 Å². The highest BCUT2D eigenvalue weighted by atomic mass is 19.1. The van der Waals surface area contributed by atoms with Gasteiger partial charge in [-0.05, 0) is 97.8 Å². The summed E-state index contributed by atoms with van der Waals surface area (Å²) in [6.45, 7) is 9.71. The molecule has 64 heavy (non-hydrogen) atoms. The number of morpholine rings is 2. The summed E-state index contributed by atoms with van der Waals surface area (Å²) in [5.41, 5.74) is 15.3. The van der Waals surface area contributed by atoms with Crippen LogP contribution in [0.15, 0.2) is 110 Å². The Labute approximate surface area is 367 Å². The van der Waals surface area contributed by atoms with E-state index in [0.29, 0.717) is 43.3 Å². The summed E-state index contributed by atoms with van der Waals surface area (Å²) in [4.78, 5) is 48.9. The molecule has 0 saturated carbocycles. The summed E-state index contributed by atoms with van der Waals surface area (Å²) >= 11 is 0. The van der Waals surface area contributed by atoms with Crippen molar-refractivity contribution in [2.24, 2.45) is 0 Å². The predicted octanol–water partition coefficient (Wildman–Crippen LogP) is 7.46. The van der Waals surface area contributed by atoms with Crippen LogP contribution in [0.5, 0.6) is 0 Å². The van der Waals surface area contributed by atoms with Gasteiger partial charge in [0.05, 0.1) is 48.8 Å². The molecule has 0 radical (unpaired) electrons. The van der Waals surface area contributed by atoms with Crippen molar-refractivity contribution >= 4 is 39.7 Å². The number of anilines is 2. The average molecular weight is 863 g/mol. The predicted molar refractivity (Wildman–Crippen MR) is 241 cm³/mol. The van der Waals surface area contributed by atoms with Crippen LogP contribution in [0.3, 0.4) is 0 Å². The molecule has 15 nitrogen and oxygen atoms in total. The Balaban J connectivity index is 0.000000159. The molecule has 0 bridgehead atoms.